The Kier molecular flexibility index (Phi) is 11.1. The van der Waals surface area contributed by atoms with E-state index in [0.29, 0.717) is 49.6 Å². The fourth-order valence-corrected chi connectivity index (χ4v) is 5.62. The molecule has 1 aliphatic carbocycles. The molecule has 4 rings (SSSR count). The second kappa shape index (κ2) is 15.0. The molecule has 0 unspecified atom stereocenters. The molecule has 0 fully saturated rings. The minimum absolute atomic E-state index is 0.0268. The van der Waals surface area contributed by atoms with E-state index in [1.165, 1.54) is 18.2 Å². The lowest BCUT2D eigenvalue weighted by Crippen LogP contribution is -2.39. The number of carbonyl (C=O) groups is 3. The van der Waals surface area contributed by atoms with E-state index in [1.807, 2.05) is 30.3 Å². The SMILES string of the molecule is CN(C)[C@@H]1CCCCc2c(-c3ccc(CNCc4cccc(F)c4)cc3)ccc(O)c2C(O)=CC(=O)[C@H](O)C(=O)C(C(N)=O)=C1O. The van der Waals surface area contributed by atoms with Gasteiger partial charge in [-0.25, -0.2) is 4.39 Å². The number of amides is 1. The Morgan fingerprint density at radius 2 is 1.67 bits per heavy atom. The van der Waals surface area contributed by atoms with Crippen molar-refractivity contribution in [3.63, 3.8) is 0 Å². The standard InChI is InChI=1S/C35H38FN3O7/c1-39(2)26-9-4-3-8-25-24(22-12-10-20(11-13-22)18-38-19-21-6-5-7-23(36)16-21)14-15-27(40)30(25)28(41)17-29(42)33(44)34(45)31(32(26)43)35(37)46/h5-7,10-17,26,33,38,40-41,43-44H,3-4,8-9,18-19H2,1-2H3,(H2,37,46)/t26-,33+/m1/s1. The van der Waals surface area contributed by atoms with Crippen molar-refractivity contribution < 1.29 is 39.2 Å². The van der Waals surface area contributed by atoms with Gasteiger partial charge in [-0.2, -0.15) is 0 Å². The maximum atomic E-state index is 13.5. The molecule has 0 radical (unpaired) electrons. The van der Waals surface area contributed by atoms with Crippen LogP contribution < -0.4 is 11.1 Å². The van der Waals surface area contributed by atoms with Gasteiger partial charge in [0.15, 0.2) is 11.9 Å². The number of primary amides is 1. The van der Waals surface area contributed by atoms with E-state index >= 15 is 0 Å². The van der Waals surface area contributed by atoms with Gasteiger partial charge in [0.05, 0.1) is 11.6 Å². The van der Waals surface area contributed by atoms with Gasteiger partial charge in [-0.3, -0.25) is 19.3 Å². The number of likely N-dealkylation sites (N-methyl/N-ethyl adjacent to an activating group) is 1. The maximum Gasteiger partial charge on any atom is 0.255 e. The summed E-state index contributed by atoms with van der Waals surface area (Å²) in [5, 5.41) is 46.6. The van der Waals surface area contributed by atoms with Crippen LogP contribution in [0.5, 0.6) is 5.75 Å². The van der Waals surface area contributed by atoms with Crippen LogP contribution in [0, 0.1) is 5.82 Å². The van der Waals surface area contributed by atoms with Crippen LogP contribution in [-0.2, 0) is 33.9 Å². The molecule has 0 heterocycles. The van der Waals surface area contributed by atoms with Crippen LogP contribution in [0.4, 0.5) is 4.39 Å². The van der Waals surface area contributed by atoms with Crippen LogP contribution in [0.25, 0.3) is 16.9 Å². The largest absolute Gasteiger partial charge is 0.510 e. The van der Waals surface area contributed by atoms with Crippen LogP contribution in [0.15, 0.2) is 78.1 Å². The molecular weight excluding hydrogens is 593 g/mol. The molecule has 7 N–H and O–H groups in total. The molecule has 1 amide bonds. The molecule has 0 saturated heterocycles. The molecule has 1 aliphatic rings. The third kappa shape index (κ3) is 7.86. The van der Waals surface area contributed by atoms with Gasteiger partial charge >= 0.3 is 0 Å². The Balaban J connectivity index is 1.68. The zero-order valence-corrected chi connectivity index (χ0v) is 25.7. The number of aliphatic hydroxyl groups excluding tert-OH is 3. The Hall–Kier alpha value is -4.84. The molecule has 0 bridgehead atoms. The summed E-state index contributed by atoms with van der Waals surface area (Å²) in [5.74, 6) is -5.90. The summed E-state index contributed by atoms with van der Waals surface area (Å²) in [4.78, 5) is 39.7. The highest BCUT2D eigenvalue weighted by molar-refractivity contribution is 6.27. The highest BCUT2D eigenvalue weighted by atomic mass is 19.1. The van der Waals surface area contributed by atoms with Gasteiger partial charge in [0.25, 0.3) is 5.91 Å². The number of carbonyl (C=O) groups excluding carboxylic acids is 3. The smallest absolute Gasteiger partial charge is 0.255 e. The molecule has 3 aromatic carbocycles. The number of aliphatic hydroxyl groups is 3. The number of nitrogens with two attached hydrogens (primary N) is 1. The Morgan fingerprint density at radius 3 is 2.33 bits per heavy atom. The average molecular weight is 632 g/mol. The van der Waals surface area contributed by atoms with Crippen molar-refractivity contribution in [2.24, 2.45) is 5.73 Å². The number of hydrogen-bond donors (Lipinski definition) is 6. The van der Waals surface area contributed by atoms with Gasteiger partial charge < -0.3 is 31.5 Å². The van der Waals surface area contributed by atoms with Crippen molar-refractivity contribution >= 4 is 23.2 Å². The number of benzene rings is 3. The first kappa shape index (κ1) is 34.0. The number of nitrogens with zero attached hydrogens (tertiary/aromatic N) is 1. The number of phenolic OH excluding ortho intramolecular Hbond substituents is 1. The predicted octanol–water partition coefficient (Wildman–Crippen LogP) is 3.84. The average Bonchev–Trinajstić information content (AvgIpc) is 3.00. The first-order valence-electron chi connectivity index (χ1n) is 14.8. The topological polar surface area (TPSA) is 173 Å². The number of nitrogens with one attached hydrogen (secondary N) is 1. The first-order chi connectivity index (χ1) is 21.9. The zero-order valence-electron chi connectivity index (χ0n) is 25.7. The van der Waals surface area contributed by atoms with E-state index in [0.717, 1.165) is 16.7 Å². The van der Waals surface area contributed by atoms with Crippen LogP contribution in [-0.4, -0.2) is 69.0 Å². The second-order valence-electron chi connectivity index (χ2n) is 11.5. The molecule has 2 atom stereocenters. The van der Waals surface area contributed by atoms with Crippen LogP contribution in [0.1, 0.15) is 41.5 Å². The second-order valence-corrected chi connectivity index (χ2v) is 11.5. The molecule has 46 heavy (non-hydrogen) atoms. The highest BCUT2D eigenvalue weighted by Gasteiger charge is 2.34. The number of rotatable bonds is 7. The van der Waals surface area contributed by atoms with Crippen LogP contribution in [0.2, 0.25) is 0 Å². The van der Waals surface area contributed by atoms with Crippen molar-refractivity contribution in [1.82, 2.24) is 10.2 Å². The van der Waals surface area contributed by atoms with E-state index < -0.39 is 46.7 Å². The Morgan fingerprint density at radius 1 is 0.978 bits per heavy atom. The number of hydrogen-bond acceptors (Lipinski definition) is 9. The Bertz CT molecular complexity index is 1680. The minimum Gasteiger partial charge on any atom is -0.510 e. The van der Waals surface area contributed by atoms with Crippen molar-refractivity contribution in [1.29, 1.82) is 0 Å². The number of Topliss-reactive ketones (excluding diaryl/α,β-unsaturated/α-hetero) is 1. The zero-order chi connectivity index (χ0) is 33.5. The van der Waals surface area contributed by atoms with Crippen molar-refractivity contribution in [3.05, 3.63) is 106 Å². The first-order valence-corrected chi connectivity index (χ1v) is 14.8. The number of halogens is 1. The van der Waals surface area contributed by atoms with Crippen molar-refractivity contribution in [2.45, 2.75) is 50.9 Å². The summed E-state index contributed by atoms with van der Waals surface area (Å²) in [7, 11) is 3.28. The quantitative estimate of drug-likeness (QED) is 0.167. The minimum atomic E-state index is -2.44. The maximum absolute atomic E-state index is 13.5. The highest BCUT2D eigenvalue weighted by Crippen LogP contribution is 2.37. The lowest BCUT2D eigenvalue weighted by atomic mass is 9.88. The molecule has 0 saturated carbocycles. The summed E-state index contributed by atoms with van der Waals surface area (Å²) in [5.41, 5.74) is 8.25. The molecular formula is C35H38FN3O7. The van der Waals surface area contributed by atoms with Gasteiger partial charge in [-0.15, -0.1) is 0 Å². The van der Waals surface area contributed by atoms with Gasteiger partial charge in [0.2, 0.25) is 5.78 Å². The summed E-state index contributed by atoms with van der Waals surface area (Å²) in [6.07, 6.45) is -0.195. The van der Waals surface area contributed by atoms with E-state index in [-0.39, 0.29) is 23.6 Å². The molecule has 0 spiro atoms. The lowest BCUT2D eigenvalue weighted by Gasteiger charge is -2.26. The van der Waals surface area contributed by atoms with Gasteiger partial charge in [0, 0.05) is 19.2 Å². The third-order valence-electron chi connectivity index (χ3n) is 8.00. The Labute approximate surface area is 266 Å². The van der Waals surface area contributed by atoms with Crippen LogP contribution in [0.3, 0.4) is 0 Å². The fraction of sp³-hybridized carbons (Fsp3) is 0.286. The summed E-state index contributed by atoms with van der Waals surface area (Å²) in [6.45, 7) is 1.02. The van der Waals surface area contributed by atoms with Gasteiger partial charge in [0.1, 0.15) is 28.7 Å². The van der Waals surface area contributed by atoms with Gasteiger partial charge in [-0.05, 0) is 79.4 Å². The number of ketones is 2. The van der Waals surface area contributed by atoms with E-state index in [1.54, 1.807) is 31.1 Å². The molecule has 11 heteroatoms. The molecule has 0 aliphatic heterocycles. The molecule has 242 valence electrons. The third-order valence-corrected chi connectivity index (χ3v) is 8.00. The molecule has 0 aromatic heterocycles. The fourth-order valence-electron chi connectivity index (χ4n) is 5.62. The molecule has 10 nitrogen and oxygen atoms in total. The predicted molar refractivity (Wildman–Crippen MR) is 171 cm³/mol. The molecule has 3 aromatic rings. The van der Waals surface area contributed by atoms with Crippen LogP contribution >= 0.6 is 0 Å². The van der Waals surface area contributed by atoms with E-state index in [9.17, 15) is 39.2 Å². The van der Waals surface area contributed by atoms with Crippen molar-refractivity contribution in [3.8, 4) is 16.9 Å². The van der Waals surface area contributed by atoms with E-state index in [4.69, 9.17) is 5.73 Å². The normalized spacial score (nSPS) is 18.2. The number of aromatic hydroxyl groups is 1. The lowest BCUT2D eigenvalue weighted by molar-refractivity contribution is -0.134. The monoisotopic (exact) mass is 631 g/mol. The number of fused-ring (bicyclic) bond motifs is 1. The summed E-state index contributed by atoms with van der Waals surface area (Å²) >= 11 is 0. The summed E-state index contributed by atoms with van der Waals surface area (Å²) in [6, 6.07) is 16.3. The van der Waals surface area contributed by atoms with Crippen molar-refractivity contribution in [2.75, 3.05) is 14.1 Å². The summed E-state index contributed by atoms with van der Waals surface area (Å²) < 4.78 is 13.5. The number of phenols is 1. The van der Waals surface area contributed by atoms with Gasteiger partial charge in [-0.1, -0.05) is 48.9 Å². The van der Waals surface area contributed by atoms with E-state index in [2.05, 4.69) is 5.32 Å².